The van der Waals surface area contributed by atoms with Crippen LogP contribution in [-0.4, -0.2) is 37.3 Å². The molecular formula is C23H26N2O3S. The zero-order valence-corrected chi connectivity index (χ0v) is 17.7. The summed E-state index contributed by atoms with van der Waals surface area (Å²) in [6.07, 6.45) is 3.42. The van der Waals surface area contributed by atoms with E-state index in [2.05, 4.69) is 19.1 Å². The SMILES string of the molecule is CCc1ccc(CC(=O)N(CC2CCCO2)c2nc3c(OC)cccc3s2)cc1. The van der Waals surface area contributed by atoms with Crippen molar-refractivity contribution in [3.05, 3.63) is 53.6 Å². The van der Waals surface area contributed by atoms with Gasteiger partial charge in [-0.3, -0.25) is 9.69 Å². The van der Waals surface area contributed by atoms with Crippen LogP contribution < -0.4 is 9.64 Å². The molecule has 3 aromatic rings. The van der Waals surface area contributed by atoms with Crippen molar-refractivity contribution < 1.29 is 14.3 Å². The summed E-state index contributed by atoms with van der Waals surface area (Å²) in [4.78, 5) is 19.9. The standard InChI is InChI=1S/C23H26N2O3S/c1-3-16-9-11-17(12-10-16)14-21(26)25(15-18-6-5-13-28-18)23-24-22-19(27-2)7-4-8-20(22)29-23/h4,7-12,18H,3,5-6,13-15H2,1-2H3. The summed E-state index contributed by atoms with van der Waals surface area (Å²) in [6, 6.07) is 14.1. The molecule has 1 atom stereocenters. The van der Waals surface area contributed by atoms with Gasteiger partial charge < -0.3 is 9.47 Å². The van der Waals surface area contributed by atoms with Crippen LogP contribution in [0.25, 0.3) is 10.2 Å². The van der Waals surface area contributed by atoms with Crippen LogP contribution in [0.15, 0.2) is 42.5 Å². The second-order valence-corrected chi connectivity index (χ2v) is 8.30. The zero-order valence-electron chi connectivity index (χ0n) is 16.9. The minimum absolute atomic E-state index is 0.0442. The molecular weight excluding hydrogens is 384 g/mol. The van der Waals surface area contributed by atoms with E-state index in [1.54, 1.807) is 12.0 Å². The fourth-order valence-electron chi connectivity index (χ4n) is 3.63. The third-order valence-electron chi connectivity index (χ3n) is 5.32. The lowest BCUT2D eigenvalue weighted by atomic mass is 10.1. The number of para-hydroxylation sites is 1. The quantitative estimate of drug-likeness (QED) is 0.570. The highest BCUT2D eigenvalue weighted by Gasteiger charge is 2.26. The third kappa shape index (κ3) is 4.43. The zero-order chi connectivity index (χ0) is 20.2. The number of fused-ring (bicyclic) bond motifs is 1. The predicted octanol–water partition coefficient (Wildman–Crippen LogP) is 4.62. The average molecular weight is 411 g/mol. The predicted molar refractivity (Wildman–Crippen MR) is 117 cm³/mol. The van der Waals surface area contributed by atoms with E-state index in [4.69, 9.17) is 14.5 Å². The fraction of sp³-hybridized carbons (Fsp3) is 0.391. The summed E-state index contributed by atoms with van der Waals surface area (Å²) in [5, 5.41) is 0.704. The van der Waals surface area contributed by atoms with Gasteiger partial charge in [-0.15, -0.1) is 0 Å². The Balaban J connectivity index is 1.62. The van der Waals surface area contributed by atoms with Crippen molar-refractivity contribution in [3.63, 3.8) is 0 Å². The number of anilines is 1. The van der Waals surface area contributed by atoms with Crippen LogP contribution in [0.4, 0.5) is 5.13 Å². The second kappa shape index (κ2) is 8.93. The first kappa shape index (κ1) is 19.9. The molecule has 0 spiro atoms. The first-order valence-corrected chi connectivity index (χ1v) is 10.9. The van der Waals surface area contributed by atoms with Crippen LogP contribution in [0.2, 0.25) is 0 Å². The molecule has 1 fully saturated rings. The number of thiazole rings is 1. The van der Waals surface area contributed by atoms with Gasteiger partial charge in [-0.1, -0.05) is 48.6 Å². The Morgan fingerprint density at radius 2 is 2.03 bits per heavy atom. The molecule has 6 heteroatoms. The number of amides is 1. The Labute approximate surface area is 175 Å². The van der Waals surface area contributed by atoms with Crippen LogP contribution in [0.1, 0.15) is 30.9 Å². The molecule has 0 saturated carbocycles. The maximum absolute atomic E-state index is 13.3. The molecule has 29 heavy (non-hydrogen) atoms. The molecule has 1 aliphatic rings. The smallest absolute Gasteiger partial charge is 0.233 e. The molecule has 2 heterocycles. The Kier molecular flexibility index (Phi) is 6.11. The molecule has 1 aliphatic heterocycles. The lowest BCUT2D eigenvalue weighted by molar-refractivity contribution is -0.118. The number of hydrogen-bond acceptors (Lipinski definition) is 5. The van der Waals surface area contributed by atoms with Crippen LogP contribution >= 0.6 is 11.3 Å². The molecule has 1 aromatic heterocycles. The number of aryl methyl sites for hydroxylation is 1. The number of carbonyl (C=O) groups excluding carboxylic acids is 1. The summed E-state index contributed by atoms with van der Waals surface area (Å²) >= 11 is 1.52. The molecule has 1 saturated heterocycles. The van der Waals surface area contributed by atoms with Gasteiger partial charge in [-0.05, 0) is 42.5 Å². The van der Waals surface area contributed by atoms with E-state index in [1.807, 2.05) is 30.3 Å². The number of methoxy groups -OCH3 is 1. The van der Waals surface area contributed by atoms with Gasteiger partial charge in [0.15, 0.2) is 5.13 Å². The van der Waals surface area contributed by atoms with E-state index in [9.17, 15) is 4.79 Å². The van der Waals surface area contributed by atoms with Crippen molar-refractivity contribution in [2.45, 2.75) is 38.7 Å². The maximum Gasteiger partial charge on any atom is 0.233 e. The highest BCUT2D eigenvalue weighted by Crippen LogP contribution is 2.34. The minimum Gasteiger partial charge on any atom is -0.494 e. The molecule has 0 aliphatic carbocycles. The summed E-state index contributed by atoms with van der Waals surface area (Å²) in [5.74, 6) is 0.771. The first-order valence-electron chi connectivity index (χ1n) is 10.1. The number of carbonyl (C=O) groups is 1. The minimum atomic E-state index is 0.0442. The maximum atomic E-state index is 13.3. The van der Waals surface area contributed by atoms with Gasteiger partial charge >= 0.3 is 0 Å². The van der Waals surface area contributed by atoms with Crippen LogP contribution in [-0.2, 0) is 22.4 Å². The summed E-state index contributed by atoms with van der Waals surface area (Å²) in [5.41, 5.74) is 3.09. The highest BCUT2D eigenvalue weighted by molar-refractivity contribution is 7.22. The van der Waals surface area contributed by atoms with Gasteiger partial charge in [0.25, 0.3) is 0 Å². The van der Waals surface area contributed by atoms with Gasteiger partial charge in [0.2, 0.25) is 5.91 Å². The largest absolute Gasteiger partial charge is 0.494 e. The van der Waals surface area contributed by atoms with E-state index in [-0.39, 0.29) is 12.0 Å². The third-order valence-corrected chi connectivity index (χ3v) is 6.36. The van der Waals surface area contributed by atoms with E-state index in [1.165, 1.54) is 16.9 Å². The molecule has 1 amide bonds. The molecule has 2 aromatic carbocycles. The first-order chi connectivity index (χ1) is 14.2. The Morgan fingerprint density at radius 1 is 1.24 bits per heavy atom. The molecule has 1 unspecified atom stereocenters. The van der Waals surface area contributed by atoms with Crippen LogP contribution in [0.3, 0.4) is 0 Å². The van der Waals surface area contributed by atoms with Crippen molar-refractivity contribution in [2.24, 2.45) is 0 Å². The Hall–Kier alpha value is -2.44. The van der Waals surface area contributed by atoms with Gasteiger partial charge in [0.1, 0.15) is 11.3 Å². The molecule has 152 valence electrons. The highest BCUT2D eigenvalue weighted by atomic mass is 32.1. The second-order valence-electron chi connectivity index (χ2n) is 7.29. The number of aromatic nitrogens is 1. The van der Waals surface area contributed by atoms with E-state index >= 15 is 0 Å². The molecule has 0 N–H and O–H groups in total. The van der Waals surface area contributed by atoms with E-state index < -0.39 is 0 Å². The number of ether oxygens (including phenoxy) is 2. The molecule has 0 bridgehead atoms. The van der Waals surface area contributed by atoms with Crippen molar-refractivity contribution in [2.75, 3.05) is 25.2 Å². The normalized spacial score (nSPS) is 16.3. The Morgan fingerprint density at radius 3 is 2.72 bits per heavy atom. The number of benzene rings is 2. The molecule has 0 radical (unpaired) electrons. The molecule has 4 rings (SSSR count). The van der Waals surface area contributed by atoms with Crippen molar-refractivity contribution in [1.29, 1.82) is 0 Å². The van der Waals surface area contributed by atoms with E-state index in [0.29, 0.717) is 18.1 Å². The fourth-order valence-corrected chi connectivity index (χ4v) is 4.64. The Bertz CT molecular complexity index is 977. The van der Waals surface area contributed by atoms with Crippen molar-refractivity contribution >= 4 is 32.6 Å². The van der Waals surface area contributed by atoms with E-state index in [0.717, 1.165) is 47.4 Å². The summed E-state index contributed by atoms with van der Waals surface area (Å²) in [6.45, 7) is 3.43. The lowest BCUT2D eigenvalue weighted by Crippen LogP contribution is -2.38. The lowest BCUT2D eigenvalue weighted by Gasteiger charge is -2.23. The molecule has 5 nitrogen and oxygen atoms in total. The number of hydrogen-bond donors (Lipinski definition) is 0. The topological polar surface area (TPSA) is 51.7 Å². The number of nitrogens with zero attached hydrogens (tertiary/aromatic N) is 2. The average Bonchev–Trinajstić information content (AvgIpc) is 3.41. The number of rotatable bonds is 7. The summed E-state index contributed by atoms with van der Waals surface area (Å²) in [7, 11) is 1.64. The monoisotopic (exact) mass is 410 g/mol. The van der Waals surface area contributed by atoms with Gasteiger partial charge in [-0.25, -0.2) is 4.98 Å². The van der Waals surface area contributed by atoms with Crippen molar-refractivity contribution in [3.8, 4) is 5.75 Å². The van der Waals surface area contributed by atoms with Crippen LogP contribution in [0, 0.1) is 0 Å². The summed E-state index contributed by atoms with van der Waals surface area (Å²) < 4.78 is 12.3. The van der Waals surface area contributed by atoms with Gasteiger partial charge in [0, 0.05) is 6.61 Å². The van der Waals surface area contributed by atoms with Crippen molar-refractivity contribution in [1.82, 2.24) is 4.98 Å². The van der Waals surface area contributed by atoms with Gasteiger partial charge in [0.05, 0.1) is 30.9 Å². The van der Waals surface area contributed by atoms with Gasteiger partial charge in [-0.2, -0.15) is 0 Å². The van der Waals surface area contributed by atoms with Crippen LogP contribution in [0.5, 0.6) is 5.75 Å².